The Hall–Kier alpha value is -2.68. The predicted molar refractivity (Wildman–Crippen MR) is 121 cm³/mol. The van der Waals surface area contributed by atoms with E-state index in [0.717, 1.165) is 30.2 Å². The van der Waals surface area contributed by atoms with Gasteiger partial charge in [0.2, 0.25) is 0 Å². The van der Waals surface area contributed by atoms with Crippen LogP contribution in [-0.4, -0.2) is 16.6 Å². The van der Waals surface area contributed by atoms with Gasteiger partial charge < -0.3 is 4.74 Å². The summed E-state index contributed by atoms with van der Waals surface area (Å²) in [6.07, 6.45) is 12.0. The van der Waals surface area contributed by atoms with Gasteiger partial charge in [0.25, 0.3) is 0 Å². The molecule has 2 aromatic carbocycles. The van der Waals surface area contributed by atoms with Crippen LogP contribution in [0.3, 0.4) is 0 Å². The van der Waals surface area contributed by atoms with E-state index in [4.69, 9.17) is 4.74 Å². The summed E-state index contributed by atoms with van der Waals surface area (Å²) in [4.78, 5) is 8.92. The zero-order valence-electron chi connectivity index (χ0n) is 17.7. The second-order valence-corrected chi connectivity index (χ2v) is 7.53. The molecular weight excluding hydrogens is 356 g/mol. The molecule has 29 heavy (non-hydrogen) atoms. The molecule has 0 unspecified atom stereocenters. The maximum atomic E-state index is 5.69. The fourth-order valence-corrected chi connectivity index (χ4v) is 3.34. The van der Waals surface area contributed by atoms with Crippen molar-refractivity contribution in [3.8, 4) is 28.3 Å². The Kier molecular flexibility index (Phi) is 8.24. The molecule has 0 fully saturated rings. The van der Waals surface area contributed by atoms with Crippen LogP contribution in [0.4, 0.5) is 0 Å². The van der Waals surface area contributed by atoms with Crippen molar-refractivity contribution in [3.05, 3.63) is 66.5 Å². The van der Waals surface area contributed by atoms with Gasteiger partial charge in [0.05, 0.1) is 19.0 Å². The number of aryl methyl sites for hydroxylation is 1. The zero-order chi connectivity index (χ0) is 20.3. The minimum absolute atomic E-state index is 0.725. The molecule has 0 N–H and O–H groups in total. The van der Waals surface area contributed by atoms with E-state index in [1.807, 2.05) is 0 Å². The standard InChI is InChI=1S/C26H32N2O/c1-3-5-7-9-21-10-12-22(13-11-21)23-14-16-24(17-15-23)26-27-19-25(20-28-26)29-18-8-6-4-2/h10-17,19-20H,3-9,18H2,1-2H3. The highest BCUT2D eigenvalue weighted by Crippen LogP contribution is 2.24. The number of hydrogen-bond acceptors (Lipinski definition) is 3. The molecular formula is C26H32N2O. The average molecular weight is 389 g/mol. The van der Waals surface area contributed by atoms with Crippen LogP contribution in [0.1, 0.15) is 57.9 Å². The van der Waals surface area contributed by atoms with Gasteiger partial charge in [0.15, 0.2) is 11.6 Å². The van der Waals surface area contributed by atoms with Crippen molar-refractivity contribution in [2.24, 2.45) is 0 Å². The van der Waals surface area contributed by atoms with Gasteiger partial charge in [-0.1, -0.05) is 88.1 Å². The summed E-state index contributed by atoms with van der Waals surface area (Å²) in [6, 6.07) is 17.4. The van der Waals surface area contributed by atoms with Gasteiger partial charge in [0, 0.05) is 5.56 Å². The van der Waals surface area contributed by atoms with Gasteiger partial charge in [-0.3, -0.25) is 0 Å². The fraction of sp³-hybridized carbons (Fsp3) is 0.385. The van der Waals surface area contributed by atoms with Gasteiger partial charge >= 0.3 is 0 Å². The Morgan fingerprint density at radius 2 is 1.21 bits per heavy atom. The lowest BCUT2D eigenvalue weighted by Crippen LogP contribution is -1.98. The predicted octanol–water partition coefficient (Wildman–Crippen LogP) is 7.11. The van der Waals surface area contributed by atoms with E-state index < -0.39 is 0 Å². The third-order valence-corrected chi connectivity index (χ3v) is 5.14. The van der Waals surface area contributed by atoms with Crippen molar-refractivity contribution in [1.82, 2.24) is 9.97 Å². The maximum absolute atomic E-state index is 5.69. The summed E-state index contributed by atoms with van der Waals surface area (Å²) in [6.45, 7) is 5.16. The van der Waals surface area contributed by atoms with Gasteiger partial charge in [-0.2, -0.15) is 0 Å². The summed E-state index contributed by atoms with van der Waals surface area (Å²) in [5.74, 6) is 1.46. The van der Waals surface area contributed by atoms with Crippen molar-refractivity contribution < 1.29 is 4.74 Å². The molecule has 0 aliphatic rings. The van der Waals surface area contributed by atoms with E-state index >= 15 is 0 Å². The third kappa shape index (κ3) is 6.42. The first-order valence-corrected chi connectivity index (χ1v) is 10.9. The summed E-state index contributed by atoms with van der Waals surface area (Å²) < 4.78 is 5.69. The van der Waals surface area contributed by atoms with Gasteiger partial charge in [-0.05, 0) is 36.0 Å². The molecule has 0 atom stereocenters. The molecule has 0 spiro atoms. The van der Waals surface area contributed by atoms with Crippen molar-refractivity contribution in [2.45, 2.75) is 58.8 Å². The van der Waals surface area contributed by atoms with Crippen LogP contribution in [0, 0.1) is 0 Å². The molecule has 0 saturated carbocycles. The van der Waals surface area contributed by atoms with Crippen LogP contribution in [-0.2, 0) is 6.42 Å². The lowest BCUT2D eigenvalue weighted by atomic mass is 10.0. The quantitative estimate of drug-likeness (QED) is 0.328. The highest BCUT2D eigenvalue weighted by Gasteiger charge is 2.04. The number of hydrogen-bond donors (Lipinski definition) is 0. The molecule has 3 rings (SSSR count). The maximum Gasteiger partial charge on any atom is 0.159 e. The Labute approximate surface area is 175 Å². The van der Waals surface area contributed by atoms with Gasteiger partial charge in [-0.15, -0.1) is 0 Å². The van der Waals surface area contributed by atoms with E-state index in [2.05, 4.69) is 72.3 Å². The molecule has 3 nitrogen and oxygen atoms in total. The molecule has 0 aliphatic carbocycles. The van der Waals surface area contributed by atoms with E-state index in [0.29, 0.717) is 0 Å². The van der Waals surface area contributed by atoms with Crippen molar-refractivity contribution >= 4 is 0 Å². The first kappa shape index (κ1) is 21.0. The van der Waals surface area contributed by atoms with Crippen LogP contribution < -0.4 is 4.74 Å². The lowest BCUT2D eigenvalue weighted by molar-refractivity contribution is 0.304. The zero-order valence-corrected chi connectivity index (χ0v) is 17.7. The van der Waals surface area contributed by atoms with Crippen molar-refractivity contribution in [3.63, 3.8) is 0 Å². The van der Waals surface area contributed by atoms with Gasteiger partial charge in [0.1, 0.15) is 0 Å². The monoisotopic (exact) mass is 388 g/mol. The summed E-state index contributed by atoms with van der Waals surface area (Å²) >= 11 is 0. The molecule has 0 bridgehead atoms. The van der Waals surface area contributed by atoms with E-state index in [1.165, 1.54) is 55.2 Å². The van der Waals surface area contributed by atoms with E-state index in [9.17, 15) is 0 Å². The fourth-order valence-electron chi connectivity index (χ4n) is 3.34. The second-order valence-electron chi connectivity index (χ2n) is 7.53. The third-order valence-electron chi connectivity index (χ3n) is 5.14. The number of rotatable bonds is 11. The minimum Gasteiger partial charge on any atom is -0.490 e. The number of unbranched alkanes of at least 4 members (excludes halogenated alkanes) is 4. The normalized spacial score (nSPS) is 10.8. The van der Waals surface area contributed by atoms with Crippen molar-refractivity contribution in [2.75, 3.05) is 6.61 Å². The van der Waals surface area contributed by atoms with Crippen LogP contribution in [0.5, 0.6) is 5.75 Å². The first-order chi connectivity index (χ1) is 14.3. The number of nitrogens with zero attached hydrogens (tertiary/aromatic N) is 2. The van der Waals surface area contributed by atoms with Crippen LogP contribution in [0.25, 0.3) is 22.5 Å². The Morgan fingerprint density at radius 1 is 0.655 bits per heavy atom. The molecule has 0 amide bonds. The van der Waals surface area contributed by atoms with Crippen LogP contribution >= 0.6 is 0 Å². The number of benzene rings is 2. The molecule has 1 heterocycles. The van der Waals surface area contributed by atoms with Crippen LogP contribution in [0.15, 0.2) is 60.9 Å². The lowest BCUT2D eigenvalue weighted by Gasteiger charge is -2.07. The molecule has 1 aromatic heterocycles. The molecule has 0 saturated heterocycles. The summed E-state index contributed by atoms with van der Waals surface area (Å²) in [5.41, 5.74) is 4.89. The second kappa shape index (κ2) is 11.4. The smallest absolute Gasteiger partial charge is 0.159 e. The number of ether oxygens (including phenoxy) is 1. The largest absolute Gasteiger partial charge is 0.490 e. The summed E-state index contributed by atoms with van der Waals surface area (Å²) in [7, 11) is 0. The van der Waals surface area contributed by atoms with Crippen LogP contribution in [0.2, 0.25) is 0 Å². The molecule has 0 radical (unpaired) electrons. The highest BCUT2D eigenvalue weighted by molar-refractivity contribution is 5.67. The SMILES string of the molecule is CCCCCOc1cnc(-c2ccc(-c3ccc(CCCCC)cc3)cc2)nc1. The Morgan fingerprint density at radius 3 is 1.83 bits per heavy atom. The van der Waals surface area contributed by atoms with Crippen molar-refractivity contribution in [1.29, 1.82) is 0 Å². The topological polar surface area (TPSA) is 35.0 Å². The van der Waals surface area contributed by atoms with Gasteiger partial charge in [-0.25, -0.2) is 9.97 Å². The molecule has 3 aromatic rings. The van der Waals surface area contributed by atoms with E-state index in [1.54, 1.807) is 12.4 Å². The summed E-state index contributed by atoms with van der Waals surface area (Å²) in [5, 5.41) is 0. The average Bonchev–Trinajstić information content (AvgIpc) is 2.78. The Bertz CT molecular complexity index is 839. The number of aromatic nitrogens is 2. The Balaban J connectivity index is 1.59. The first-order valence-electron chi connectivity index (χ1n) is 10.9. The highest BCUT2D eigenvalue weighted by atomic mass is 16.5. The minimum atomic E-state index is 0.725. The molecule has 3 heteroatoms. The molecule has 152 valence electrons. The van der Waals surface area contributed by atoms with E-state index in [-0.39, 0.29) is 0 Å². The molecule has 0 aliphatic heterocycles.